The second-order valence-corrected chi connectivity index (χ2v) is 8.54. The normalized spacial score (nSPS) is 17.4. The van der Waals surface area contributed by atoms with Crippen molar-refractivity contribution in [2.24, 2.45) is 0 Å². The third-order valence-corrected chi connectivity index (χ3v) is 5.57. The first-order valence-electron chi connectivity index (χ1n) is 6.33. The largest absolute Gasteiger partial charge is 0.347 e. The zero-order chi connectivity index (χ0) is 15.0. The number of hydrogen-bond acceptors (Lipinski definition) is 3. The standard InChI is InChI=1S/C13H15BrClNO3S/c1-2-13(4-3-5-13)16-12(17)9-6-10(14)8-11(7-9)20(15,18)19/h6-8H,2-5H2,1H3,(H,16,17). The van der Waals surface area contributed by atoms with Crippen molar-refractivity contribution in [2.75, 3.05) is 0 Å². The Morgan fingerprint density at radius 1 is 1.40 bits per heavy atom. The summed E-state index contributed by atoms with van der Waals surface area (Å²) < 4.78 is 23.3. The molecule has 1 aromatic rings. The Bertz CT molecular complexity index is 636. The zero-order valence-corrected chi connectivity index (χ0v) is 14.1. The van der Waals surface area contributed by atoms with Crippen LogP contribution >= 0.6 is 26.6 Å². The van der Waals surface area contributed by atoms with Crippen LogP contribution < -0.4 is 5.32 Å². The number of rotatable bonds is 4. The van der Waals surface area contributed by atoms with Crippen LogP contribution in [0, 0.1) is 0 Å². The van der Waals surface area contributed by atoms with Gasteiger partial charge in [0, 0.05) is 26.3 Å². The molecule has 1 N–H and O–H groups in total. The van der Waals surface area contributed by atoms with Gasteiger partial charge in [-0.05, 0) is 43.9 Å². The highest BCUT2D eigenvalue weighted by molar-refractivity contribution is 9.10. The van der Waals surface area contributed by atoms with Gasteiger partial charge < -0.3 is 5.32 Å². The molecule has 4 nitrogen and oxygen atoms in total. The molecular weight excluding hydrogens is 366 g/mol. The smallest absolute Gasteiger partial charge is 0.261 e. The molecule has 1 amide bonds. The number of carbonyl (C=O) groups excluding carboxylic acids is 1. The molecule has 1 aromatic carbocycles. The van der Waals surface area contributed by atoms with Crippen LogP contribution in [0.3, 0.4) is 0 Å². The van der Waals surface area contributed by atoms with Gasteiger partial charge in [-0.1, -0.05) is 22.9 Å². The van der Waals surface area contributed by atoms with Crippen molar-refractivity contribution in [3.8, 4) is 0 Å². The minimum atomic E-state index is -3.86. The Kier molecular flexibility index (Phi) is 4.47. The van der Waals surface area contributed by atoms with Gasteiger partial charge in [0.15, 0.2) is 0 Å². The van der Waals surface area contributed by atoms with Gasteiger partial charge >= 0.3 is 0 Å². The molecule has 1 saturated carbocycles. The van der Waals surface area contributed by atoms with Gasteiger partial charge in [-0.2, -0.15) is 0 Å². The van der Waals surface area contributed by atoms with Crippen molar-refractivity contribution in [3.05, 3.63) is 28.2 Å². The van der Waals surface area contributed by atoms with E-state index < -0.39 is 9.05 Å². The topological polar surface area (TPSA) is 63.2 Å². The molecular formula is C13H15BrClNO3S. The lowest BCUT2D eigenvalue weighted by Gasteiger charge is -2.42. The van der Waals surface area contributed by atoms with Crippen LogP contribution in [0.5, 0.6) is 0 Å². The first-order valence-corrected chi connectivity index (χ1v) is 9.44. The third-order valence-electron chi connectivity index (χ3n) is 3.78. The fraction of sp³-hybridized carbons (Fsp3) is 0.462. The maximum absolute atomic E-state index is 12.3. The van der Waals surface area contributed by atoms with E-state index in [2.05, 4.69) is 21.2 Å². The molecule has 0 spiro atoms. The summed E-state index contributed by atoms with van der Waals surface area (Å²) in [5, 5.41) is 3.00. The predicted molar refractivity (Wildman–Crippen MR) is 81.5 cm³/mol. The molecule has 0 aromatic heterocycles. The lowest BCUT2D eigenvalue weighted by molar-refractivity contribution is 0.0820. The molecule has 0 atom stereocenters. The van der Waals surface area contributed by atoms with Crippen LogP contribution in [0.1, 0.15) is 43.0 Å². The molecule has 0 heterocycles. The Hall–Kier alpha value is -0.590. The second-order valence-electron chi connectivity index (χ2n) is 5.06. The average molecular weight is 381 g/mol. The van der Waals surface area contributed by atoms with Crippen molar-refractivity contribution in [3.63, 3.8) is 0 Å². The molecule has 110 valence electrons. The minimum absolute atomic E-state index is 0.0853. The zero-order valence-electron chi connectivity index (χ0n) is 10.9. The van der Waals surface area contributed by atoms with E-state index in [0.29, 0.717) is 10.0 Å². The lowest BCUT2D eigenvalue weighted by Crippen LogP contribution is -2.52. The molecule has 1 aliphatic carbocycles. The van der Waals surface area contributed by atoms with E-state index in [1.54, 1.807) is 6.07 Å². The van der Waals surface area contributed by atoms with Crippen molar-refractivity contribution in [1.82, 2.24) is 5.32 Å². The molecule has 20 heavy (non-hydrogen) atoms. The predicted octanol–water partition coefficient (Wildman–Crippen LogP) is 3.44. The van der Waals surface area contributed by atoms with Crippen molar-refractivity contribution in [1.29, 1.82) is 0 Å². The van der Waals surface area contributed by atoms with Crippen molar-refractivity contribution >= 4 is 41.6 Å². The van der Waals surface area contributed by atoms with Gasteiger partial charge in [0.25, 0.3) is 15.0 Å². The lowest BCUT2D eigenvalue weighted by atomic mass is 9.74. The summed E-state index contributed by atoms with van der Waals surface area (Å²) in [6.45, 7) is 2.04. The SMILES string of the molecule is CCC1(NC(=O)c2cc(Br)cc(S(=O)(=O)Cl)c2)CCC1. The van der Waals surface area contributed by atoms with Gasteiger partial charge in [-0.3, -0.25) is 4.79 Å². The van der Waals surface area contributed by atoms with Crippen LogP contribution in [-0.2, 0) is 9.05 Å². The number of halogens is 2. The van der Waals surface area contributed by atoms with E-state index in [1.165, 1.54) is 12.1 Å². The number of amides is 1. The molecule has 0 saturated heterocycles. The molecule has 0 radical (unpaired) electrons. The summed E-state index contributed by atoms with van der Waals surface area (Å²) in [6, 6.07) is 4.26. The third kappa shape index (κ3) is 3.35. The average Bonchev–Trinajstić information content (AvgIpc) is 2.31. The highest BCUT2D eigenvalue weighted by Crippen LogP contribution is 2.35. The first kappa shape index (κ1) is 15.8. The number of nitrogens with one attached hydrogen (secondary N) is 1. The Morgan fingerprint density at radius 2 is 2.05 bits per heavy atom. The second kappa shape index (κ2) is 5.66. The molecule has 0 bridgehead atoms. The minimum Gasteiger partial charge on any atom is -0.347 e. The summed E-state index contributed by atoms with van der Waals surface area (Å²) in [5.74, 6) is -0.269. The maximum Gasteiger partial charge on any atom is 0.261 e. The molecule has 0 unspecified atom stereocenters. The highest BCUT2D eigenvalue weighted by Gasteiger charge is 2.36. The maximum atomic E-state index is 12.3. The van der Waals surface area contributed by atoms with Gasteiger partial charge in [-0.25, -0.2) is 8.42 Å². The summed E-state index contributed by atoms with van der Waals surface area (Å²) in [7, 11) is 1.47. The number of hydrogen-bond donors (Lipinski definition) is 1. The van der Waals surface area contributed by atoms with E-state index in [1.807, 2.05) is 6.92 Å². The number of carbonyl (C=O) groups is 1. The molecule has 1 fully saturated rings. The van der Waals surface area contributed by atoms with Crippen molar-refractivity contribution < 1.29 is 13.2 Å². The van der Waals surface area contributed by atoms with E-state index in [4.69, 9.17) is 10.7 Å². The van der Waals surface area contributed by atoms with Gasteiger partial charge in [0.1, 0.15) is 0 Å². The monoisotopic (exact) mass is 379 g/mol. The van der Waals surface area contributed by atoms with Crippen LogP contribution in [0.2, 0.25) is 0 Å². The quantitative estimate of drug-likeness (QED) is 0.814. The molecule has 0 aliphatic heterocycles. The fourth-order valence-electron chi connectivity index (χ4n) is 2.32. The summed E-state index contributed by atoms with van der Waals surface area (Å²) in [4.78, 5) is 12.2. The van der Waals surface area contributed by atoms with Crippen LogP contribution in [0.15, 0.2) is 27.6 Å². The van der Waals surface area contributed by atoms with E-state index in [-0.39, 0.29) is 16.3 Å². The molecule has 1 aliphatic rings. The molecule has 2 rings (SSSR count). The summed E-state index contributed by atoms with van der Waals surface area (Å²) >= 11 is 3.20. The van der Waals surface area contributed by atoms with E-state index in [0.717, 1.165) is 25.7 Å². The summed E-state index contributed by atoms with van der Waals surface area (Å²) in [6.07, 6.45) is 3.90. The van der Waals surface area contributed by atoms with Crippen LogP contribution in [0.4, 0.5) is 0 Å². The van der Waals surface area contributed by atoms with Crippen molar-refractivity contribution in [2.45, 2.75) is 43.0 Å². The Balaban J connectivity index is 2.28. The van der Waals surface area contributed by atoms with Gasteiger partial charge in [-0.15, -0.1) is 0 Å². The van der Waals surface area contributed by atoms with Gasteiger partial charge in [0.05, 0.1) is 4.90 Å². The van der Waals surface area contributed by atoms with Crippen LogP contribution in [0.25, 0.3) is 0 Å². The Morgan fingerprint density at radius 3 is 2.50 bits per heavy atom. The Labute approximate surface area is 131 Å². The van der Waals surface area contributed by atoms with Crippen LogP contribution in [-0.4, -0.2) is 19.9 Å². The molecule has 7 heteroatoms. The fourth-order valence-corrected chi connectivity index (χ4v) is 3.77. The highest BCUT2D eigenvalue weighted by atomic mass is 79.9. The number of benzene rings is 1. The summed E-state index contributed by atoms with van der Waals surface area (Å²) in [5.41, 5.74) is 0.151. The van der Waals surface area contributed by atoms with E-state index in [9.17, 15) is 13.2 Å². The first-order chi connectivity index (χ1) is 9.26. The van der Waals surface area contributed by atoms with E-state index >= 15 is 0 Å². The van der Waals surface area contributed by atoms with Gasteiger partial charge in [0.2, 0.25) is 0 Å².